The van der Waals surface area contributed by atoms with E-state index in [1.54, 1.807) is 6.20 Å². The minimum Gasteiger partial charge on any atom is -0.392 e. The van der Waals surface area contributed by atoms with Gasteiger partial charge in [-0.05, 0) is 24.7 Å². The van der Waals surface area contributed by atoms with E-state index in [0.29, 0.717) is 11.3 Å². The topological polar surface area (TPSA) is 49.2 Å². The van der Waals surface area contributed by atoms with E-state index in [1.165, 1.54) is 6.42 Å². The average molecular weight is 249 g/mol. The van der Waals surface area contributed by atoms with E-state index in [0.717, 1.165) is 30.3 Å². The molecule has 1 atom stereocenters. The van der Waals surface area contributed by atoms with Crippen molar-refractivity contribution in [2.24, 2.45) is 11.3 Å². The Morgan fingerprint density at radius 3 is 2.67 bits per heavy atom. The van der Waals surface area contributed by atoms with Crippen LogP contribution in [0.25, 0.3) is 0 Å². The number of anilines is 1. The van der Waals surface area contributed by atoms with Crippen molar-refractivity contribution in [1.29, 1.82) is 0 Å². The third-order valence-corrected chi connectivity index (χ3v) is 3.93. The molecule has 1 saturated heterocycles. The number of aromatic nitrogens is 2. The molecule has 1 aliphatic rings. The average Bonchev–Trinajstić information content (AvgIpc) is 2.77. The molecule has 1 aromatic rings. The molecule has 2 heterocycles. The second-order valence-corrected chi connectivity index (χ2v) is 6.24. The van der Waals surface area contributed by atoms with Crippen LogP contribution in [0.3, 0.4) is 0 Å². The molecule has 0 aromatic carbocycles. The van der Waals surface area contributed by atoms with E-state index in [2.05, 4.69) is 35.6 Å². The van der Waals surface area contributed by atoms with Crippen LogP contribution >= 0.6 is 0 Å². The van der Waals surface area contributed by atoms with Crippen molar-refractivity contribution in [1.82, 2.24) is 9.97 Å². The van der Waals surface area contributed by atoms with Crippen LogP contribution < -0.4 is 4.90 Å². The third-order valence-electron chi connectivity index (χ3n) is 3.93. The number of hydrogen-bond donors (Lipinski definition) is 1. The summed E-state index contributed by atoms with van der Waals surface area (Å²) in [6.07, 6.45) is 2.94. The quantitative estimate of drug-likeness (QED) is 0.872. The van der Waals surface area contributed by atoms with Crippen molar-refractivity contribution in [3.05, 3.63) is 17.5 Å². The summed E-state index contributed by atoms with van der Waals surface area (Å²) >= 11 is 0. The van der Waals surface area contributed by atoms with Crippen LogP contribution in [-0.2, 0) is 6.61 Å². The van der Waals surface area contributed by atoms with Crippen LogP contribution in [0.15, 0.2) is 6.20 Å². The monoisotopic (exact) mass is 249 g/mol. The zero-order chi connectivity index (χ0) is 13.3. The predicted octanol–water partition coefficient (Wildman–Crippen LogP) is 2.15. The Kier molecular flexibility index (Phi) is 3.57. The van der Waals surface area contributed by atoms with E-state index in [9.17, 15) is 0 Å². The van der Waals surface area contributed by atoms with Gasteiger partial charge < -0.3 is 10.0 Å². The maximum atomic E-state index is 9.13. The van der Waals surface area contributed by atoms with Gasteiger partial charge in [0.05, 0.1) is 6.61 Å². The molecule has 1 fully saturated rings. The second kappa shape index (κ2) is 4.84. The van der Waals surface area contributed by atoms with Gasteiger partial charge in [0, 0.05) is 30.5 Å². The van der Waals surface area contributed by atoms with Gasteiger partial charge in [-0.1, -0.05) is 20.8 Å². The molecule has 1 aliphatic heterocycles. The van der Waals surface area contributed by atoms with Crippen LogP contribution in [0, 0.1) is 18.3 Å². The lowest BCUT2D eigenvalue weighted by Gasteiger charge is -2.27. The third kappa shape index (κ3) is 2.64. The summed E-state index contributed by atoms with van der Waals surface area (Å²) in [6, 6.07) is 0. The smallest absolute Gasteiger partial charge is 0.225 e. The van der Waals surface area contributed by atoms with E-state index in [-0.39, 0.29) is 6.61 Å². The van der Waals surface area contributed by atoms with Gasteiger partial charge in [-0.15, -0.1) is 0 Å². The Hall–Kier alpha value is -1.16. The maximum Gasteiger partial charge on any atom is 0.225 e. The molecule has 0 aliphatic carbocycles. The fourth-order valence-corrected chi connectivity index (χ4v) is 2.44. The van der Waals surface area contributed by atoms with Crippen molar-refractivity contribution in [3.63, 3.8) is 0 Å². The molecule has 4 heteroatoms. The molecule has 1 aromatic heterocycles. The minimum absolute atomic E-state index is 0.0106. The SMILES string of the molecule is Cc1nc(N2CCC(C(C)(C)C)C2)ncc1CO. The number of nitrogens with zero attached hydrogens (tertiary/aromatic N) is 3. The highest BCUT2D eigenvalue weighted by atomic mass is 16.3. The van der Waals surface area contributed by atoms with Gasteiger partial charge in [0.1, 0.15) is 0 Å². The lowest BCUT2D eigenvalue weighted by Crippen LogP contribution is -2.27. The summed E-state index contributed by atoms with van der Waals surface area (Å²) in [7, 11) is 0. The molecular weight excluding hydrogens is 226 g/mol. The van der Waals surface area contributed by atoms with Gasteiger partial charge in [-0.25, -0.2) is 9.97 Å². The molecule has 100 valence electrons. The zero-order valence-corrected chi connectivity index (χ0v) is 11.8. The van der Waals surface area contributed by atoms with Crippen molar-refractivity contribution < 1.29 is 5.11 Å². The Labute approximate surface area is 109 Å². The van der Waals surface area contributed by atoms with Crippen LogP contribution in [-0.4, -0.2) is 28.2 Å². The Balaban J connectivity index is 2.12. The highest BCUT2D eigenvalue weighted by molar-refractivity contribution is 5.34. The zero-order valence-electron chi connectivity index (χ0n) is 11.8. The Morgan fingerprint density at radius 2 is 2.17 bits per heavy atom. The first kappa shape index (κ1) is 13.3. The molecule has 1 N–H and O–H groups in total. The van der Waals surface area contributed by atoms with Gasteiger partial charge in [-0.2, -0.15) is 0 Å². The summed E-state index contributed by atoms with van der Waals surface area (Å²) in [5.41, 5.74) is 2.03. The largest absolute Gasteiger partial charge is 0.392 e. The van der Waals surface area contributed by atoms with Crippen molar-refractivity contribution in [2.75, 3.05) is 18.0 Å². The Bertz CT molecular complexity index is 426. The minimum atomic E-state index is 0.0106. The molecule has 0 bridgehead atoms. The fraction of sp³-hybridized carbons (Fsp3) is 0.714. The molecule has 0 amide bonds. The molecule has 2 rings (SSSR count). The number of rotatable bonds is 2. The van der Waals surface area contributed by atoms with Gasteiger partial charge in [0.25, 0.3) is 0 Å². The first-order valence-corrected chi connectivity index (χ1v) is 6.60. The molecular formula is C14H23N3O. The van der Waals surface area contributed by atoms with E-state index >= 15 is 0 Å². The van der Waals surface area contributed by atoms with Gasteiger partial charge >= 0.3 is 0 Å². The standard InChI is InChI=1S/C14H23N3O/c1-10-11(9-18)7-15-13(16-10)17-6-5-12(8-17)14(2,3)4/h7,12,18H,5-6,8-9H2,1-4H3. The molecule has 4 nitrogen and oxygen atoms in total. The van der Waals surface area contributed by atoms with Crippen LogP contribution in [0.4, 0.5) is 5.95 Å². The van der Waals surface area contributed by atoms with Gasteiger partial charge in [-0.3, -0.25) is 0 Å². The molecule has 0 radical (unpaired) electrons. The maximum absolute atomic E-state index is 9.13. The highest BCUT2D eigenvalue weighted by Gasteiger charge is 2.32. The number of aliphatic hydroxyl groups is 1. The van der Waals surface area contributed by atoms with E-state index in [1.807, 2.05) is 6.92 Å². The molecule has 0 saturated carbocycles. The predicted molar refractivity (Wildman–Crippen MR) is 72.5 cm³/mol. The molecule has 18 heavy (non-hydrogen) atoms. The lowest BCUT2D eigenvalue weighted by atomic mass is 9.80. The first-order valence-electron chi connectivity index (χ1n) is 6.60. The van der Waals surface area contributed by atoms with Crippen molar-refractivity contribution in [2.45, 2.75) is 40.7 Å². The van der Waals surface area contributed by atoms with E-state index in [4.69, 9.17) is 5.11 Å². The lowest BCUT2D eigenvalue weighted by molar-refractivity contribution is 0.263. The summed E-state index contributed by atoms with van der Waals surface area (Å²) in [6.45, 7) is 10.9. The normalized spacial score (nSPS) is 20.5. The number of aryl methyl sites for hydroxylation is 1. The summed E-state index contributed by atoms with van der Waals surface area (Å²) in [4.78, 5) is 11.1. The Morgan fingerprint density at radius 1 is 1.44 bits per heavy atom. The summed E-state index contributed by atoms with van der Waals surface area (Å²) in [5.74, 6) is 1.50. The van der Waals surface area contributed by atoms with Crippen LogP contribution in [0.1, 0.15) is 38.4 Å². The van der Waals surface area contributed by atoms with Gasteiger partial charge in [0.15, 0.2) is 0 Å². The fourth-order valence-electron chi connectivity index (χ4n) is 2.44. The van der Waals surface area contributed by atoms with Crippen molar-refractivity contribution in [3.8, 4) is 0 Å². The molecule has 0 spiro atoms. The number of aliphatic hydroxyl groups excluding tert-OH is 1. The first-order chi connectivity index (χ1) is 8.41. The van der Waals surface area contributed by atoms with Crippen LogP contribution in [0.2, 0.25) is 0 Å². The van der Waals surface area contributed by atoms with E-state index < -0.39 is 0 Å². The number of hydrogen-bond acceptors (Lipinski definition) is 4. The molecule has 1 unspecified atom stereocenters. The van der Waals surface area contributed by atoms with Gasteiger partial charge in [0.2, 0.25) is 5.95 Å². The highest BCUT2D eigenvalue weighted by Crippen LogP contribution is 2.34. The van der Waals surface area contributed by atoms with Crippen LogP contribution in [0.5, 0.6) is 0 Å². The van der Waals surface area contributed by atoms with Crippen molar-refractivity contribution >= 4 is 5.95 Å². The summed E-state index contributed by atoms with van der Waals surface area (Å²) in [5, 5.41) is 9.13. The summed E-state index contributed by atoms with van der Waals surface area (Å²) < 4.78 is 0. The second-order valence-electron chi connectivity index (χ2n) is 6.24.